The molecule has 1 fully saturated rings. The predicted molar refractivity (Wildman–Crippen MR) is 73.7 cm³/mol. The van der Waals surface area contributed by atoms with E-state index in [1.165, 1.54) is 12.8 Å². The van der Waals surface area contributed by atoms with Crippen LogP contribution < -0.4 is 5.73 Å². The van der Waals surface area contributed by atoms with Gasteiger partial charge in [0.1, 0.15) is 0 Å². The largest absolute Gasteiger partial charge is 0.329 e. The summed E-state index contributed by atoms with van der Waals surface area (Å²) in [5, 5.41) is 1.43. The fourth-order valence-electron chi connectivity index (χ4n) is 2.67. The second-order valence-corrected chi connectivity index (χ2v) is 5.43. The van der Waals surface area contributed by atoms with E-state index in [-0.39, 0.29) is 6.04 Å². The molecule has 17 heavy (non-hydrogen) atoms. The molecule has 0 saturated carbocycles. The lowest BCUT2D eigenvalue weighted by Gasteiger charge is -2.32. The highest BCUT2D eigenvalue weighted by Crippen LogP contribution is 2.36. The Labute approximate surface area is 113 Å². The summed E-state index contributed by atoms with van der Waals surface area (Å²) in [6.07, 6.45) is 2.44. The maximum Gasteiger partial charge on any atom is 0.0502 e. The van der Waals surface area contributed by atoms with Crippen molar-refractivity contribution in [2.24, 2.45) is 5.73 Å². The molecule has 2 atom stereocenters. The van der Waals surface area contributed by atoms with Crippen molar-refractivity contribution >= 4 is 23.2 Å². The number of hydrogen-bond donors (Lipinski definition) is 1. The molecule has 1 aliphatic rings. The topological polar surface area (TPSA) is 29.3 Å². The molecule has 1 aromatic carbocycles. The zero-order chi connectivity index (χ0) is 12.4. The van der Waals surface area contributed by atoms with Crippen molar-refractivity contribution in [3.8, 4) is 0 Å². The Balaban J connectivity index is 2.35. The first-order chi connectivity index (χ1) is 8.15. The van der Waals surface area contributed by atoms with E-state index in [0.29, 0.717) is 22.6 Å². The quantitative estimate of drug-likeness (QED) is 0.913. The number of hydrogen-bond acceptors (Lipinski definition) is 2. The number of nitrogens with two attached hydrogens (primary N) is 1. The Kier molecular flexibility index (Phi) is 4.31. The maximum absolute atomic E-state index is 6.26. The average molecular weight is 273 g/mol. The van der Waals surface area contributed by atoms with Crippen LogP contribution in [-0.2, 0) is 0 Å². The second-order valence-electron chi connectivity index (χ2n) is 4.62. The molecular formula is C13H18Cl2N2. The molecule has 1 heterocycles. The molecule has 94 valence electrons. The van der Waals surface area contributed by atoms with Gasteiger partial charge in [-0.2, -0.15) is 0 Å². The van der Waals surface area contributed by atoms with E-state index in [0.717, 1.165) is 12.1 Å². The fourth-order valence-corrected chi connectivity index (χ4v) is 3.32. The normalized spacial score (nSPS) is 22.9. The van der Waals surface area contributed by atoms with Crippen LogP contribution in [0.1, 0.15) is 31.4 Å². The minimum absolute atomic E-state index is 0.133. The van der Waals surface area contributed by atoms with Gasteiger partial charge in [-0.3, -0.25) is 4.90 Å². The molecule has 1 aliphatic heterocycles. The molecule has 0 radical (unpaired) electrons. The summed E-state index contributed by atoms with van der Waals surface area (Å²) in [7, 11) is 0. The molecule has 1 saturated heterocycles. The predicted octanol–water partition coefficient (Wildman–Crippen LogP) is 3.48. The van der Waals surface area contributed by atoms with Gasteiger partial charge in [-0.05, 0) is 38.4 Å². The first-order valence-electron chi connectivity index (χ1n) is 6.05. The molecule has 0 bridgehead atoms. The lowest BCUT2D eigenvalue weighted by Crippen LogP contribution is -2.36. The number of benzene rings is 1. The van der Waals surface area contributed by atoms with Crippen LogP contribution in [0.4, 0.5) is 0 Å². The summed E-state index contributed by atoms with van der Waals surface area (Å²) in [5.74, 6) is 0. The van der Waals surface area contributed by atoms with E-state index < -0.39 is 0 Å². The van der Waals surface area contributed by atoms with Gasteiger partial charge in [0.2, 0.25) is 0 Å². The van der Waals surface area contributed by atoms with Crippen LogP contribution in [0.5, 0.6) is 0 Å². The van der Waals surface area contributed by atoms with Gasteiger partial charge in [-0.1, -0.05) is 29.3 Å². The van der Waals surface area contributed by atoms with Gasteiger partial charge in [0.05, 0.1) is 6.04 Å². The molecule has 0 amide bonds. The molecule has 2 unspecified atom stereocenters. The van der Waals surface area contributed by atoms with Gasteiger partial charge < -0.3 is 5.73 Å². The summed E-state index contributed by atoms with van der Waals surface area (Å²) >= 11 is 12.5. The highest BCUT2D eigenvalue weighted by molar-refractivity contribution is 6.36. The van der Waals surface area contributed by atoms with E-state index in [1.54, 1.807) is 0 Å². The number of halogens is 2. The van der Waals surface area contributed by atoms with E-state index in [1.807, 2.05) is 18.2 Å². The number of rotatable bonds is 3. The van der Waals surface area contributed by atoms with Gasteiger partial charge >= 0.3 is 0 Å². The van der Waals surface area contributed by atoms with Crippen LogP contribution in [0.15, 0.2) is 18.2 Å². The van der Waals surface area contributed by atoms with Crippen molar-refractivity contribution in [2.75, 3.05) is 13.1 Å². The highest BCUT2D eigenvalue weighted by Gasteiger charge is 2.30. The second kappa shape index (κ2) is 5.57. The molecule has 1 aromatic rings. The van der Waals surface area contributed by atoms with Gasteiger partial charge in [-0.25, -0.2) is 0 Å². The van der Waals surface area contributed by atoms with Crippen LogP contribution in [-0.4, -0.2) is 24.0 Å². The van der Waals surface area contributed by atoms with Gasteiger partial charge in [-0.15, -0.1) is 0 Å². The monoisotopic (exact) mass is 272 g/mol. The Morgan fingerprint density at radius 1 is 1.41 bits per heavy atom. The van der Waals surface area contributed by atoms with Crippen molar-refractivity contribution in [3.63, 3.8) is 0 Å². The molecule has 0 spiro atoms. The first kappa shape index (κ1) is 13.2. The van der Waals surface area contributed by atoms with E-state index in [4.69, 9.17) is 28.9 Å². The minimum Gasteiger partial charge on any atom is -0.329 e. The molecule has 2 nitrogen and oxygen atoms in total. The zero-order valence-electron chi connectivity index (χ0n) is 10.00. The van der Waals surface area contributed by atoms with Crippen LogP contribution in [0.25, 0.3) is 0 Å². The van der Waals surface area contributed by atoms with Crippen LogP contribution >= 0.6 is 23.2 Å². The third kappa shape index (κ3) is 2.60. The Bertz CT molecular complexity index is 375. The Morgan fingerprint density at radius 2 is 2.06 bits per heavy atom. The number of likely N-dealkylation sites (tertiary alicyclic amines) is 1. The molecule has 0 aromatic heterocycles. The minimum atomic E-state index is 0.133. The summed E-state index contributed by atoms with van der Waals surface area (Å²) in [6.45, 7) is 3.86. The maximum atomic E-state index is 6.26. The summed E-state index contributed by atoms with van der Waals surface area (Å²) < 4.78 is 0. The van der Waals surface area contributed by atoms with E-state index in [9.17, 15) is 0 Å². The summed E-state index contributed by atoms with van der Waals surface area (Å²) in [5.41, 5.74) is 6.90. The smallest absolute Gasteiger partial charge is 0.0502 e. The molecule has 4 heteroatoms. The van der Waals surface area contributed by atoms with Crippen molar-refractivity contribution in [3.05, 3.63) is 33.8 Å². The zero-order valence-corrected chi connectivity index (χ0v) is 11.5. The standard InChI is InChI=1S/C13H18Cl2N2/c1-9-4-3-7-17(9)12(8-16)13-10(14)5-2-6-11(13)15/h2,5-6,9,12H,3-4,7-8,16H2,1H3. The average Bonchev–Trinajstić information content (AvgIpc) is 2.70. The van der Waals surface area contributed by atoms with E-state index >= 15 is 0 Å². The SMILES string of the molecule is CC1CCCN1C(CN)c1c(Cl)cccc1Cl. The molecular weight excluding hydrogens is 255 g/mol. The van der Waals surface area contributed by atoms with Crippen LogP contribution in [0.3, 0.4) is 0 Å². The molecule has 2 N–H and O–H groups in total. The molecule has 0 aliphatic carbocycles. The van der Waals surface area contributed by atoms with Crippen molar-refractivity contribution in [1.82, 2.24) is 4.90 Å². The van der Waals surface area contributed by atoms with Crippen LogP contribution in [0, 0.1) is 0 Å². The molecule has 2 rings (SSSR count). The van der Waals surface area contributed by atoms with Gasteiger partial charge in [0.25, 0.3) is 0 Å². The number of nitrogens with zero attached hydrogens (tertiary/aromatic N) is 1. The summed E-state index contributed by atoms with van der Waals surface area (Å²) in [6, 6.07) is 6.32. The van der Waals surface area contributed by atoms with Gasteiger partial charge in [0.15, 0.2) is 0 Å². The Hall–Kier alpha value is -0.280. The van der Waals surface area contributed by atoms with Crippen molar-refractivity contribution in [2.45, 2.75) is 31.8 Å². The van der Waals surface area contributed by atoms with Gasteiger partial charge in [0, 0.05) is 28.2 Å². The lowest BCUT2D eigenvalue weighted by atomic mass is 10.0. The fraction of sp³-hybridized carbons (Fsp3) is 0.538. The van der Waals surface area contributed by atoms with Crippen molar-refractivity contribution < 1.29 is 0 Å². The highest BCUT2D eigenvalue weighted by atomic mass is 35.5. The summed E-state index contributed by atoms with van der Waals surface area (Å²) in [4.78, 5) is 2.41. The third-order valence-electron chi connectivity index (χ3n) is 3.56. The lowest BCUT2D eigenvalue weighted by molar-refractivity contribution is 0.195. The third-order valence-corrected chi connectivity index (χ3v) is 4.22. The van der Waals surface area contributed by atoms with Crippen molar-refractivity contribution in [1.29, 1.82) is 0 Å². The van der Waals surface area contributed by atoms with E-state index in [2.05, 4.69) is 11.8 Å². The Morgan fingerprint density at radius 3 is 2.53 bits per heavy atom. The first-order valence-corrected chi connectivity index (χ1v) is 6.80. The van der Waals surface area contributed by atoms with Crippen LogP contribution in [0.2, 0.25) is 10.0 Å².